The number of ether oxygens (including phenoxy) is 1. The van der Waals surface area contributed by atoms with Crippen molar-refractivity contribution in [1.29, 1.82) is 0 Å². The summed E-state index contributed by atoms with van der Waals surface area (Å²) in [6.07, 6.45) is -4.72. The van der Waals surface area contributed by atoms with E-state index in [-0.39, 0.29) is 31.1 Å². The molecule has 0 aliphatic carbocycles. The van der Waals surface area contributed by atoms with Crippen LogP contribution in [-0.4, -0.2) is 33.3 Å². The number of rotatable bonds is 5. The number of carbonyl (C=O) groups excluding carboxylic acids is 1. The quantitative estimate of drug-likeness (QED) is 0.394. The average molecular weight is 466 g/mol. The van der Waals surface area contributed by atoms with Crippen LogP contribution in [0.3, 0.4) is 0 Å². The number of halogens is 3. The Bertz CT molecular complexity index is 1160. The van der Waals surface area contributed by atoms with Gasteiger partial charge in [0.2, 0.25) is 0 Å². The molecule has 2 aromatic heterocycles. The third kappa shape index (κ3) is 4.31. The summed E-state index contributed by atoms with van der Waals surface area (Å²) in [7, 11) is 0. The molecule has 12 heteroatoms. The van der Waals surface area contributed by atoms with Gasteiger partial charge in [-0.2, -0.15) is 18.3 Å². The highest BCUT2D eigenvalue weighted by atomic mass is 32.1. The molecule has 1 unspecified atom stereocenters. The maximum Gasteiger partial charge on any atom is 0.410 e. The first-order valence-electron chi connectivity index (χ1n) is 9.53. The molecule has 1 amide bonds. The molecule has 8 nitrogen and oxygen atoms in total. The number of thiophene rings is 1. The van der Waals surface area contributed by atoms with E-state index in [2.05, 4.69) is 5.10 Å². The molecule has 0 saturated carbocycles. The van der Waals surface area contributed by atoms with Gasteiger partial charge in [0, 0.05) is 30.3 Å². The Morgan fingerprint density at radius 1 is 1.31 bits per heavy atom. The molecule has 3 heterocycles. The molecule has 0 saturated heterocycles. The zero-order chi connectivity index (χ0) is 23.0. The number of nitrogens with zero attached hydrogens (tertiary/aromatic N) is 4. The number of amides is 1. The lowest BCUT2D eigenvalue weighted by Crippen LogP contribution is -2.42. The SMILES string of the molecule is Cc1cc2n(n1)C(C(F)(F)F)CCN2C(=O)c1cc(COc2ccc([N+](=O)[O-])cc2)cs1. The topological polar surface area (TPSA) is 90.5 Å². The fraction of sp³-hybridized carbons (Fsp3) is 0.300. The summed E-state index contributed by atoms with van der Waals surface area (Å²) in [6, 6.07) is 6.95. The van der Waals surface area contributed by atoms with Crippen LogP contribution < -0.4 is 9.64 Å². The molecular formula is C20H17F3N4O4S. The Labute approximate surface area is 184 Å². The predicted molar refractivity (Wildman–Crippen MR) is 110 cm³/mol. The van der Waals surface area contributed by atoms with Gasteiger partial charge in [-0.1, -0.05) is 0 Å². The molecule has 168 valence electrons. The molecule has 0 fully saturated rings. The Kier molecular flexibility index (Phi) is 5.63. The fourth-order valence-electron chi connectivity index (χ4n) is 3.46. The number of aromatic nitrogens is 2. The van der Waals surface area contributed by atoms with Gasteiger partial charge in [-0.05, 0) is 36.9 Å². The second kappa shape index (κ2) is 8.26. The Morgan fingerprint density at radius 2 is 2.03 bits per heavy atom. The lowest BCUT2D eigenvalue weighted by molar-refractivity contribution is -0.384. The molecule has 1 atom stereocenters. The van der Waals surface area contributed by atoms with E-state index >= 15 is 0 Å². The molecule has 0 spiro atoms. The number of alkyl halides is 3. The van der Waals surface area contributed by atoms with Crippen LogP contribution in [0.15, 0.2) is 41.8 Å². The number of hydrogen-bond donors (Lipinski definition) is 0. The molecule has 1 aromatic carbocycles. The van der Waals surface area contributed by atoms with Crippen LogP contribution in [0.5, 0.6) is 5.75 Å². The number of anilines is 1. The van der Waals surface area contributed by atoms with Gasteiger partial charge in [-0.15, -0.1) is 11.3 Å². The van der Waals surface area contributed by atoms with Crippen LogP contribution in [0.25, 0.3) is 0 Å². The van der Waals surface area contributed by atoms with Gasteiger partial charge in [0.25, 0.3) is 11.6 Å². The number of benzene rings is 1. The van der Waals surface area contributed by atoms with Crippen LogP contribution in [0, 0.1) is 17.0 Å². The number of aryl methyl sites for hydroxylation is 1. The van der Waals surface area contributed by atoms with E-state index in [1.165, 1.54) is 46.6 Å². The summed E-state index contributed by atoms with van der Waals surface area (Å²) < 4.78 is 46.6. The van der Waals surface area contributed by atoms with Gasteiger partial charge >= 0.3 is 6.18 Å². The molecule has 1 aliphatic heterocycles. The van der Waals surface area contributed by atoms with Crippen molar-refractivity contribution in [2.75, 3.05) is 11.4 Å². The van der Waals surface area contributed by atoms with Crippen LogP contribution >= 0.6 is 11.3 Å². The smallest absolute Gasteiger partial charge is 0.410 e. The van der Waals surface area contributed by atoms with E-state index in [1.54, 1.807) is 18.4 Å². The lowest BCUT2D eigenvalue weighted by Gasteiger charge is -2.33. The van der Waals surface area contributed by atoms with E-state index in [0.29, 0.717) is 21.9 Å². The molecule has 4 rings (SSSR count). The minimum Gasteiger partial charge on any atom is -0.489 e. The Hall–Kier alpha value is -3.41. The largest absolute Gasteiger partial charge is 0.489 e. The van der Waals surface area contributed by atoms with Crippen molar-refractivity contribution >= 4 is 28.7 Å². The van der Waals surface area contributed by atoms with Crippen LogP contribution in [0.1, 0.15) is 33.4 Å². The van der Waals surface area contributed by atoms with E-state index in [0.717, 1.165) is 4.68 Å². The highest BCUT2D eigenvalue weighted by Gasteiger charge is 2.46. The highest BCUT2D eigenvalue weighted by Crippen LogP contribution is 2.40. The average Bonchev–Trinajstić information content (AvgIpc) is 3.36. The maximum atomic E-state index is 13.4. The fourth-order valence-corrected chi connectivity index (χ4v) is 4.30. The second-order valence-electron chi connectivity index (χ2n) is 7.25. The number of carbonyl (C=O) groups is 1. The maximum absolute atomic E-state index is 13.4. The number of nitro benzene ring substituents is 1. The van der Waals surface area contributed by atoms with Crippen molar-refractivity contribution in [2.24, 2.45) is 0 Å². The van der Waals surface area contributed by atoms with E-state index < -0.39 is 23.0 Å². The van der Waals surface area contributed by atoms with Crippen molar-refractivity contribution in [3.8, 4) is 5.75 Å². The first-order valence-corrected chi connectivity index (χ1v) is 10.4. The summed E-state index contributed by atoms with van der Waals surface area (Å²) in [6.45, 7) is 1.65. The van der Waals surface area contributed by atoms with Crippen LogP contribution in [-0.2, 0) is 6.61 Å². The van der Waals surface area contributed by atoms with Crippen molar-refractivity contribution in [2.45, 2.75) is 32.2 Å². The standard InChI is InChI=1S/C20H17F3N4O4S/c1-12-8-18-25(7-6-17(20(21,22)23)26(18)24-12)19(28)16-9-13(11-32-16)10-31-15-4-2-14(3-5-15)27(29)30/h2-5,8-9,11,17H,6-7,10H2,1H3. The van der Waals surface area contributed by atoms with E-state index in [1.807, 2.05) is 0 Å². The van der Waals surface area contributed by atoms with Gasteiger partial charge in [0.15, 0.2) is 6.04 Å². The normalized spacial score (nSPS) is 16.0. The highest BCUT2D eigenvalue weighted by molar-refractivity contribution is 7.12. The summed E-state index contributed by atoms with van der Waals surface area (Å²) in [5.74, 6) is 0.153. The number of non-ortho nitro benzene ring substituents is 1. The molecule has 0 bridgehead atoms. The second-order valence-corrected chi connectivity index (χ2v) is 8.16. The van der Waals surface area contributed by atoms with E-state index in [4.69, 9.17) is 4.74 Å². The van der Waals surface area contributed by atoms with Crippen molar-refractivity contribution in [3.63, 3.8) is 0 Å². The number of hydrogen-bond acceptors (Lipinski definition) is 6. The zero-order valence-electron chi connectivity index (χ0n) is 16.7. The Balaban J connectivity index is 1.47. The lowest BCUT2D eigenvalue weighted by atomic mass is 10.1. The molecule has 0 N–H and O–H groups in total. The monoisotopic (exact) mass is 466 g/mol. The summed E-state index contributed by atoms with van der Waals surface area (Å²) in [5.41, 5.74) is 1.05. The third-order valence-electron chi connectivity index (χ3n) is 4.98. The van der Waals surface area contributed by atoms with E-state index in [9.17, 15) is 28.1 Å². The van der Waals surface area contributed by atoms with Gasteiger partial charge in [-0.25, -0.2) is 4.68 Å². The predicted octanol–water partition coefficient (Wildman–Crippen LogP) is 4.89. The first-order chi connectivity index (χ1) is 15.1. The number of fused-ring (bicyclic) bond motifs is 1. The van der Waals surface area contributed by atoms with Crippen LogP contribution in [0.2, 0.25) is 0 Å². The van der Waals surface area contributed by atoms with Gasteiger partial charge in [0.05, 0.1) is 15.5 Å². The van der Waals surface area contributed by atoms with Crippen molar-refractivity contribution in [1.82, 2.24) is 9.78 Å². The summed E-state index contributed by atoms with van der Waals surface area (Å²) in [4.78, 5) is 24.9. The van der Waals surface area contributed by atoms with Gasteiger partial charge < -0.3 is 4.74 Å². The third-order valence-corrected chi connectivity index (χ3v) is 5.94. The molecule has 3 aromatic rings. The number of nitro groups is 1. The van der Waals surface area contributed by atoms with Gasteiger partial charge in [0.1, 0.15) is 18.2 Å². The molecule has 1 aliphatic rings. The van der Waals surface area contributed by atoms with Crippen molar-refractivity contribution < 1.29 is 27.6 Å². The minimum atomic E-state index is -4.45. The molecule has 32 heavy (non-hydrogen) atoms. The van der Waals surface area contributed by atoms with Crippen LogP contribution in [0.4, 0.5) is 24.7 Å². The Morgan fingerprint density at radius 3 is 2.69 bits per heavy atom. The summed E-state index contributed by atoms with van der Waals surface area (Å²) in [5, 5.41) is 16.4. The minimum absolute atomic E-state index is 0.0514. The molecular weight excluding hydrogens is 449 g/mol. The molecule has 0 radical (unpaired) electrons. The van der Waals surface area contributed by atoms with Gasteiger partial charge in [-0.3, -0.25) is 19.8 Å². The first kappa shape index (κ1) is 21.8. The summed E-state index contributed by atoms with van der Waals surface area (Å²) >= 11 is 1.17. The zero-order valence-corrected chi connectivity index (χ0v) is 17.5. The van der Waals surface area contributed by atoms with Crippen molar-refractivity contribution in [3.05, 3.63) is 68.0 Å².